The Balaban J connectivity index is 1.93. The molecule has 1 aromatic carbocycles. The van der Waals surface area contributed by atoms with Crippen molar-refractivity contribution in [2.75, 3.05) is 20.1 Å². The number of nitrogens with one attached hydrogen (secondary N) is 1. The van der Waals surface area contributed by atoms with E-state index in [2.05, 4.69) is 5.32 Å². The predicted octanol–water partition coefficient (Wildman–Crippen LogP) is 2.73. The number of piperidine rings is 1. The van der Waals surface area contributed by atoms with E-state index in [0.29, 0.717) is 12.3 Å². The number of carbonyl (C=O) groups excluding carboxylic acids is 1. The summed E-state index contributed by atoms with van der Waals surface area (Å²) in [6, 6.07) is 6.35. The predicted molar refractivity (Wildman–Crippen MR) is 77.8 cm³/mol. The summed E-state index contributed by atoms with van der Waals surface area (Å²) in [5, 5.41) is 3.31. The molecule has 0 aromatic heterocycles. The highest BCUT2D eigenvalue weighted by Gasteiger charge is 2.22. The summed E-state index contributed by atoms with van der Waals surface area (Å²) in [7, 11) is 1.83. The van der Waals surface area contributed by atoms with Gasteiger partial charge in [0.05, 0.1) is 6.04 Å². The van der Waals surface area contributed by atoms with Gasteiger partial charge in [-0.15, -0.1) is 0 Å². The van der Waals surface area contributed by atoms with Crippen LogP contribution in [0.3, 0.4) is 0 Å². The van der Waals surface area contributed by atoms with Gasteiger partial charge in [-0.25, -0.2) is 4.39 Å². The van der Waals surface area contributed by atoms with Gasteiger partial charge in [0.15, 0.2) is 0 Å². The second-order valence-electron chi connectivity index (χ2n) is 5.63. The molecule has 1 aromatic rings. The van der Waals surface area contributed by atoms with Gasteiger partial charge in [0.1, 0.15) is 5.82 Å². The maximum absolute atomic E-state index is 12.9. The Morgan fingerprint density at radius 1 is 1.35 bits per heavy atom. The van der Waals surface area contributed by atoms with E-state index in [-0.39, 0.29) is 17.8 Å². The lowest BCUT2D eigenvalue weighted by Gasteiger charge is -2.29. The Kier molecular flexibility index (Phi) is 5.12. The molecule has 0 saturated carbocycles. The topological polar surface area (TPSA) is 32.3 Å². The van der Waals surface area contributed by atoms with Crippen molar-refractivity contribution in [3.63, 3.8) is 0 Å². The monoisotopic (exact) mass is 278 g/mol. The second-order valence-corrected chi connectivity index (χ2v) is 5.63. The van der Waals surface area contributed by atoms with Crippen molar-refractivity contribution in [2.45, 2.75) is 32.2 Å². The Labute approximate surface area is 120 Å². The molecule has 2 rings (SSSR count). The van der Waals surface area contributed by atoms with Crippen LogP contribution < -0.4 is 5.32 Å². The summed E-state index contributed by atoms with van der Waals surface area (Å²) in [5.74, 6) is 0.421. The van der Waals surface area contributed by atoms with E-state index < -0.39 is 0 Å². The van der Waals surface area contributed by atoms with Crippen LogP contribution in [0.1, 0.15) is 37.8 Å². The molecule has 1 aliphatic heterocycles. The molecule has 1 fully saturated rings. The van der Waals surface area contributed by atoms with Gasteiger partial charge in [-0.2, -0.15) is 0 Å². The van der Waals surface area contributed by atoms with Gasteiger partial charge in [-0.05, 0) is 56.5 Å². The third-order valence-electron chi connectivity index (χ3n) is 4.25. The molecule has 1 saturated heterocycles. The average Bonchev–Trinajstić information content (AvgIpc) is 2.47. The standard InChI is InChI=1S/C16H23FN2O/c1-12(14-3-5-15(17)6-4-14)19(2)16(20)11-13-7-9-18-10-8-13/h3-6,12-13,18H,7-11H2,1-2H3. The quantitative estimate of drug-likeness (QED) is 0.918. The van der Waals surface area contributed by atoms with Gasteiger partial charge in [0.2, 0.25) is 5.91 Å². The van der Waals surface area contributed by atoms with Crippen LogP contribution in [0.5, 0.6) is 0 Å². The van der Waals surface area contributed by atoms with Crippen molar-refractivity contribution in [2.24, 2.45) is 5.92 Å². The minimum Gasteiger partial charge on any atom is -0.339 e. The lowest BCUT2D eigenvalue weighted by Crippen LogP contribution is -2.34. The molecule has 0 spiro atoms. The van der Waals surface area contributed by atoms with E-state index in [4.69, 9.17) is 0 Å². The summed E-state index contributed by atoms with van der Waals surface area (Å²) in [6.45, 7) is 4.00. The first kappa shape index (κ1) is 15.0. The maximum atomic E-state index is 12.9. The summed E-state index contributed by atoms with van der Waals surface area (Å²) in [5.41, 5.74) is 0.965. The van der Waals surface area contributed by atoms with Crippen molar-refractivity contribution < 1.29 is 9.18 Å². The highest BCUT2D eigenvalue weighted by Crippen LogP contribution is 2.23. The van der Waals surface area contributed by atoms with Crippen LogP contribution in [0.4, 0.5) is 4.39 Å². The maximum Gasteiger partial charge on any atom is 0.223 e. The lowest BCUT2D eigenvalue weighted by molar-refractivity contribution is -0.133. The van der Waals surface area contributed by atoms with Crippen molar-refractivity contribution in [3.05, 3.63) is 35.6 Å². The van der Waals surface area contributed by atoms with Crippen molar-refractivity contribution in [1.82, 2.24) is 10.2 Å². The number of amides is 1. The van der Waals surface area contributed by atoms with Crippen LogP contribution in [0.15, 0.2) is 24.3 Å². The SMILES string of the molecule is CC(c1ccc(F)cc1)N(C)C(=O)CC1CCNCC1. The highest BCUT2D eigenvalue weighted by molar-refractivity contribution is 5.76. The second kappa shape index (κ2) is 6.84. The molecular weight excluding hydrogens is 255 g/mol. The summed E-state index contributed by atoms with van der Waals surface area (Å²) in [6.07, 6.45) is 2.76. The zero-order valence-electron chi connectivity index (χ0n) is 12.2. The van der Waals surface area contributed by atoms with Crippen LogP contribution in [0, 0.1) is 11.7 Å². The van der Waals surface area contributed by atoms with Gasteiger partial charge < -0.3 is 10.2 Å². The number of hydrogen-bond acceptors (Lipinski definition) is 2. The molecule has 4 heteroatoms. The fraction of sp³-hybridized carbons (Fsp3) is 0.562. The number of halogens is 1. The molecule has 1 amide bonds. The lowest BCUT2D eigenvalue weighted by atomic mass is 9.93. The van der Waals surface area contributed by atoms with Gasteiger partial charge >= 0.3 is 0 Å². The third-order valence-corrected chi connectivity index (χ3v) is 4.25. The van der Waals surface area contributed by atoms with E-state index >= 15 is 0 Å². The van der Waals surface area contributed by atoms with Crippen LogP contribution in [0.2, 0.25) is 0 Å². The van der Waals surface area contributed by atoms with E-state index in [0.717, 1.165) is 31.5 Å². The fourth-order valence-electron chi connectivity index (χ4n) is 2.66. The summed E-state index contributed by atoms with van der Waals surface area (Å²) in [4.78, 5) is 14.1. The molecule has 0 aliphatic carbocycles. The number of benzene rings is 1. The molecule has 0 bridgehead atoms. The number of nitrogens with zero attached hydrogens (tertiary/aromatic N) is 1. The van der Waals surface area contributed by atoms with Gasteiger partial charge in [0.25, 0.3) is 0 Å². The summed E-state index contributed by atoms with van der Waals surface area (Å²) >= 11 is 0. The van der Waals surface area contributed by atoms with E-state index in [9.17, 15) is 9.18 Å². The molecule has 1 aliphatic rings. The van der Waals surface area contributed by atoms with Crippen molar-refractivity contribution in [1.29, 1.82) is 0 Å². The Morgan fingerprint density at radius 3 is 2.55 bits per heavy atom. The molecule has 1 atom stereocenters. The summed E-state index contributed by atoms with van der Waals surface area (Å²) < 4.78 is 12.9. The first-order chi connectivity index (χ1) is 9.58. The highest BCUT2D eigenvalue weighted by atomic mass is 19.1. The third kappa shape index (κ3) is 3.79. The smallest absolute Gasteiger partial charge is 0.223 e. The van der Waals surface area contributed by atoms with Crippen LogP contribution in [-0.2, 0) is 4.79 Å². The zero-order valence-corrected chi connectivity index (χ0v) is 12.2. The minimum atomic E-state index is -0.246. The molecule has 1 unspecified atom stereocenters. The van der Waals surface area contributed by atoms with Crippen molar-refractivity contribution >= 4 is 5.91 Å². The van der Waals surface area contributed by atoms with Crippen LogP contribution >= 0.6 is 0 Å². The van der Waals surface area contributed by atoms with E-state index in [1.165, 1.54) is 12.1 Å². The molecular formula is C16H23FN2O. The largest absolute Gasteiger partial charge is 0.339 e. The normalized spacial score (nSPS) is 17.8. The first-order valence-corrected chi connectivity index (χ1v) is 7.29. The number of rotatable bonds is 4. The molecule has 1 heterocycles. The Morgan fingerprint density at radius 2 is 1.95 bits per heavy atom. The van der Waals surface area contributed by atoms with Gasteiger partial charge in [-0.1, -0.05) is 12.1 Å². The zero-order chi connectivity index (χ0) is 14.5. The fourth-order valence-corrected chi connectivity index (χ4v) is 2.66. The Hall–Kier alpha value is -1.42. The first-order valence-electron chi connectivity index (χ1n) is 7.29. The Bertz CT molecular complexity index is 440. The number of carbonyl (C=O) groups is 1. The molecule has 1 N–H and O–H groups in total. The van der Waals surface area contributed by atoms with Crippen LogP contribution in [0.25, 0.3) is 0 Å². The molecule has 0 radical (unpaired) electrons. The van der Waals surface area contributed by atoms with Gasteiger partial charge in [-0.3, -0.25) is 4.79 Å². The van der Waals surface area contributed by atoms with Crippen LogP contribution in [-0.4, -0.2) is 30.9 Å². The molecule has 20 heavy (non-hydrogen) atoms. The molecule has 3 nitrogen and oxygen atoms in total. The average molecular weight is 278 g/mol. The minimum absolute atomic E-state index is 0.0233. The molecule has 110 valence electrons. The van der Waals surface area contributed by atoms with Gasteiger partial charge in [0, 0.05) is 13.5 Å². The van der Waals surface area contributed by atoms with Crippen molar-refractivity contribution in [3.8, 4) is 0 Å². The number of hydrogen-bond donors (Lipinski definition) is 1. The van der Waals surface area contributed by atoms with E-state index in [1.807, 2.05) is 14.0 Å². The van der Waals surface area contributed by atoms with E-state index in [1.54, 1.807) is 17.0 Å².